The third-order valence-electron chi connectivity index (χ3n) is 13.7. The predicted octanol–water partition coefficient (Wildman–Crippen LogP) is 4.86. The number of hydrogen-bond acceptors (Lipinski definition) is 11. The summed E-state index contributed by atoms with van der Waals surface area (Å²) in [5.41, 5.74) is -1.13. The number of aliphatic carboxylic acids is 1. The average molecular weight is 711 g/mol. The number of aliphatic hydroxyl groups excluding tert-OH is 1. The summed E-state index contributed by atoms with van der Waals surface area (Å²) in [5.74, 6) is -3.91. The molecule has 12 nitrogen and oxygen atoms in total. The number of cyclic esters (lactones) is 1. The van der Waals surface area contributed by atoms with Crippen LogP contribution in [0.15, 0.2) is 0 Å². The Bertz CT molecular complexity index is 1240. The van der Waals surface area contributed by atoms with E-state index in [0.29, 0.717) is 19.3 Å². The third-order valence-corrected chi connectivity index (χ3v) is 13.7. The van der Waals surface area contributed by atoms with E-state index in [1.807, 2.05) is 13.8 Å². The van der Waals surface area contributed by atoms with E-state index in [-0.39, 0.29) is 73.2 Å². The molecule has 0 aromatic rings. The van der Waals surface area contributed by atoms with Gasteiger partial charge in [0.1, 0.15) is 13.2 Å². The SMILES string of the molecule is CCC1(C2OC(C3OC4(COC(=O)CO4)C(C)CC3C)CC2C)CCC(C2(C)CCC3(CC(O)C(C)C(C(C)C(OC)C(C)C(=O)O)O3)O2)O1. The third kappa shape index (κ3) is 6.67. The van der Waals surface area contributed by atoms with Gasteiger partial charge in [0.15, 0.2) is 5.79 Å². The Morgan fingerprint density at radius 2 is 1.78 bits per heavy atom. The van der Waals surface area contributed by atoms with Crippen LogP contribution in [0.25, 0.3) is 0 Å². The van der Waals surface area contributed by atoms with Crippen molar-refractivity contribution >= 4 is 11.9 Å². The van der Waals surface area contributed by atoms with Crippen molar-refractivity contribution in [3.63, 3.8) is 0 Å². The maximum atomic E-state index is 11.9. The van der Waals surface area contributed by atoms with Gasteiger partial charge in [-0.3, -0.25) is 4.79 Å². The molecule has 6 aliphatic rings. The van der Waals surface area contributed by atoms with Crippen LogP contribution in [-0.4, -0.2) is 108 Å². The van der Waals surface area contributed by atoms with Gasteiger partial charge in [0, 0.05) is 37.7 Å². The fourth-order valence-electron chi connectivity index (χ4n) is 10.5. The number of carbonyl (C=O) groups excluding carboxylic acids is 1. The quantitative estimate of drug-likeness (QED) is 0.315. The van der Waals surface area contributed by atoms with Crippen LogP contribution >= 0.6 is 0 Å². The second-order valence-electron chi connectivity index (χ2n) is 17.1. The normalized spacial score (nSPS) is 50.0. The highest BCUT2D eigenvalue weighted by Gasteiger charge is 2.62. The number of esters is 1. The molecular weight excluding hydrogens is 648 g/mol. The molecule has 0 amide bonds. The van der Waals surface area contributed by atoms with Crippen LogP contribution in [-0.2, 0) is 47.5 Å². The van der Waals surface area contributed by atoms with Gasteiger partial charge >= 0.3 is 11.9 Å². The lowest BCUT2D eigenvalue weighted by molar-refractivity contribution is -0.352. The van der Waals surface area contributed by atoms with Crippen LogP contribution in [0.1, 0.15) is 107 Å². The summed E-state index contributed by atoms with van der Waals surface area (Å²) in [6.45, 7) is 16.3. The molecule has 6 aliphatic heterocycles. The van der Waals surface area contributed by atoms with Gasteiger partial charge in [-0.15, -0.1) is 0 Å². The number of methoxy groups -OCH3 is 1. The van der Waals surface area contributed by atoms with Gasteiger partial charge in [0.25, 0.3) is 0 Å². The Morgan fingerprint density at radius 3 is 2.42 bits per heavy atom. The lowest BCUT2D eigenvalue weighted by Crippen LogP contribution is -2.60. The molecule has 6 saturated heterocycles. The maximum Gasteiger partial charge on any atom is 0.332 e. The number of carboxylic acid groups (broad SMARTS) is 1. The second kappa shape index (κ2) is 14.1. The minimum Gasteiger partial charge on any atom is -0.481 e. The van der Waals surface area contributed by atoms with E-state index < -0.39 is 53.0 Å². The zero-order valence-electron chi connectivity index (χ0n) is 31.6. The van der Waals surface area contributed by atoms with Crippen LogP contribution in [0.2, 0.25) is 0 Å². The smallest absolute Gasteiger partial charge is 0.332 e. The Hall–Kier alpha value is -1.38. The fraction of sp³-hybridized carbons (Fsp3) is 0.947. The zero-order valence-corrected chi connectivity index (χ0v) is 31.6. The van der Waals surface area contributed by atoms with Gasteiger partial charge < -0.3 is 48.1 Å². The summed E-state index contributed by atoms with van der Waals surface area (Å²) in [6, 6.07) is 0. The molecular formula is C38H62O12. The molecule has 17 atom stereocenters. The number of carbonyl (C=O) groups is 2. The molecule has 6 rings (SSSR count). The highest BCUT2D eigenvalue weighted by Crippen LogP contribution is 2.55. The minimum absolute atomic E-state index is 0.0819. The maximum absolute atomic E-state index is 11.9. The lowest BCUT2D eigenvalue weighted by Gasteiger charge is -2.50. The van der Waals surface area contributed by atoms with Crippen molar-refractivity contribution in [1.82, 2.24) is 0 Å². The average Bonchev–Trinajstić information content (AvgIpc) is 3.78. The van der Waals surface area contributed by atoms with Gasteiger partial charge in [0.05, 0.1) is 59.8 Å². The highest BCUT2D eigenvalue weighted by molar-refractivity contribution is 5.71. The molecule has 0 radical (unpaired) electrons. The van der Waals surface area contributed by atoms with E-state index in [1.54, 1.807) is 6.92 Å². The first-order valence-corrected chi connectivity index (χ1v) is 19.1. The lowest BCUT2D eigenvalue weighted by atomic mass is 9.78. The highest BCUT2D eigenvalue weighted by atomic mass is 16.8. The van der Waals surface area contributed by atoms with Crippen LogP contribution in [0.4, 0.5) is 0 Å². The van der Waals surface area contributed by atoms with E-state index in [9.17, 15) is 19.8 Å². The van der Waals surface area contributed by atoms with Gasteiger partial charge in [-0.25, -0.2) is 4.79 Å². The van der Waals surface area contributed by atoms with E-state index in [1.165, 1.54) is 7.11 Å². The Balaban J connectivity index is 1.14. The summed E-state index contributed by atoms with van der Waals surface area (Å²) in [5, 5.41) is 21.0. The van der Waals surface area contributed by atoms with Gasteiger partial charge in [-0.1, -0.05) is 41.5 Å². The van der Waals surface area contributed by atoms with Crippen molar-refractivity contribution in [3.05, 3.63) is 0 Å². The van der Waals surface area contributed by atoms with E-state index in [2.05, 4.69) is 34.6 Å². The molecule has 17 unspecified atom stereocenters. The molecule has 0 aromatic heterocycles. The first-order valence-electron chi connectivity index (χ1n) is 19.1. The largest absolute Gasteiger partial charge is 0.481 e. The van der Waals surface area contributed by atoms with Crippen LogP contribution in [0, 0.1) is 35.5 Å². The van der Waals surface area contributed by atoms with Crippen molar-refractivity contribution < 1.29 is 57.7 Å². The molecule has 2 N–H and O–H groups in total. The van der Waals surface area contributed by atoms with Crippen LogP contribution < -0.4 is 0 Å². The number of rotatable bonds is 9. The van der Waals surface area contributed by atoms with Gasteiger partial charge in [-0.05, 0) is 64.2 Å². The van der Waals surface area contributed by atoms with Crippen molar-refractivity contribution in [2.75, 3.05) is 20.3 Å². The second-order valence-corrected chi connectivity index (χ2v) is 17.1. The molecule has 6 fully saturated rings. The minimum atomic E-state index is -0.996. The summed E-state index contributed by atoms with van der Waals surface area (Å²) >= 11 is 0. The molecule has 0 aliphatic carbocycles. The fourth-order valence-corrected chi connectivity index (χ4v) is 10.5. The van der Waals surface area contributed by atoms with Crippen LogP contribution in [0.5, 0.6) is 0 Å². The Morgan fingerprint density at radius 1 is 1.04 bits per heavy atom. The number of ether oxygens (including phenoxy) is 8. The topological polar surface area (TPSA) is 148 Å². The predicted molar refractivity (Wildman–Crippen MR) is 180 cm³/mol. The first kappa shape index (κ1) is 38.3. The molecule has 6 heterocycles. The van der Waals surface area contributed by atoms with Gasteiger partial charge in [0.2, 0.25) is 5.79 Å². The van der Waals surface area contributed by atoms with Crippen LogP contribution in [0.3, 0.4) is 0 Å². The number of aliphatic hydroxyl groups is 1. The van der Waals surface area contributed by atoms with Crippen molar-refractivity contribution in [2.24, 2.45) is 35.5 Å². The summed E-state index contributed by atoms with van der Waals surface area (Å²) in [6.07, 6.45) is 3.48. The molecule has 2 spiro atoms. The standard InChI is InChI=1S/C38H62O12/c1-10-36(33-21(3)16-27(46-33)30-20(2)15-22(4)38(49-30)19-44-29(40)18-45-38)12-11-28(47-36)35(8)13-14-37(50-35)17-26(39)23(5)32(48-37)24(6)31(43-9)25(7)34(41)42/h20-28,30-33,39H,10-19H2,1-9H3,(H,41,42). The van der Waals surface area contributed by atoms with E-state index in [4.69, 9.17) is 37.9 Å². The Labute approximate surface area is 297 Å². The van der Waals surface area contributed by atoms with E-state index in [0.717, 1.165) is 32.1 Å². The monoisotopic (exact) mass is 710 g/mol. The molecule has 0 bridgehead atoms. The molecule has 12 heteroatoms. The molecule has 50 heavy (non-hydrogen) atoms. The van der Waals surface area contributed by atoms with Crippen molar-refractivity contribution in [3.8, 4) is 0 Å². The number of hydrogen-bond donors (Lipinski definition) is 2. The summed E-state index contributed by atoms with van der Waals surface area (Å²) in [4.78, 5) is 23.7. The number of carboxylic acids is 1. The van der Waals surface area contributed by atoms with E-state index >= 15 is 0 Å². The van der Waals surface area contributed by atoms with Crippen molar-refractivity contribution in [2.45, 2.75) is 172 Å². The molecule has 0 saturated carbocycles. The summed E-state index contributed by atoms with van der Waals surface area (Å²) < 4.78 is 51.7. The van der Waals surface area contributed by atoms with Gasteiger partial charge in [-0.2, -0.15) is 0 Å². The Kier molecular flexibility index (Phi) is 10.8. The van der Waals surface area contributed by atoms with Crippen molar-refractivity contribution in [1.29, 1.82) is 0 Å². The first-order chi connectivity index (χ1) is 23.5. The summed E-state index contributed by atoms with van der Waals surface area (Å²) in [7, 11) is 1.53. The molecule has 0 aromatic carbocycles. The zero-order chi connectivity index (χ0) is 36.4. The molecule has 286 valence electrons.